The molecule has 0 spiro atoms. The third-order valence-corrected chi connectivity index (χ3v) is 4.16. The van der Waals surface area contributed by atoms with Crippen molar-refractivity contribution >= 4 is 21.6 Å². The summed E-state index contributed by atoms with van der Waals surface area (Å²) in [5.41, 5.74) is 10.0. The number of nitrogen functional groups attached to an aromatic ring is 1. The van der Waals surface area contributed by atoms with Gasteiger partial charge < -0.3 is 10.3 Å². The lowest BCUT2D eigenvalue weighted by molar-refractivity contribution is 0.786. The molecule has 0 amide bonds. The smallest absolute Gasteiger partial charge is 0.218 e. The Labute approximate surface area is 120 Å². The average molecular weight is 319 g/mol. The Kier molecular flexibility index (Phi) is 3.19. The lowest BCUT2D eigenvalue weighted by Crippen LogP contribution is -2.13. The zero-order valence-corrected chi connectivity index (χ0v) is 12.1. The fourth-order valence-electron chi connectivity index (χ4n) is 2.64. The van der Waals surface area contributed by atoms with E-state index in [0.29, 0.717) is 4.47 Å². The monoisotopic (exact) mass is 318 g/mol. The molecule has 0 radical (unpaired) electrons. The van der Waals surface area contributed by atoms with Gasteiger partial charge in [0.1, 0.15) is 0 Å². The van der Waals surface area contributed by atoms with E-state index in [1.807, 2.05) is 4.57 Å². The second-order valence-corrected chi connectivity index (χ2v) is 5.87. The molecule has 98 valence electrons. The van der Waals surface area contributed by atoms with Crippen LogP contribution in [0.2, 0.25) is 0 Å². The Bertz CT molecular complexity index is 665. The predicted octanol–water partition coefficient (Wildman–Crippen LogP) is 2.73. The highest BCUT2D eigenvalue weighted by molar-refractivity contribution is 9.10. The van der Waals surface area contributed by atoms with Gasteiger partial charge in [0.05, 0.1) is 10.2 Å². The van der Waals surface area contributed by atoms with Crippen LogP contribution in [0, 0.1) is 0 Å². The molecule has 1 aromatic carbocycles. The number of rotatable bonds is 2. The number of aromatic nitrogens is 1. The number of nitrogens with zero attached hydrogens (tertiary/aromatic N) is 1. The van der Waals surface area contributed by atoms with Crippen LogP contribution >= 0.6 is 15.9 Å². The highest BCUT2D eigenvalue weighted by Crippen LogP contribution is 2.23. The van der Waals surface area contributed by atoms with Gasteiger partial charge in [-0.2, -0.15) is 0 Å². The van der Waals surface area contributed by atoms with Crippen LogP contribution in [-0.2, 0) is 19.4 Å². The summed E-state index contributed by atoms with van der Waals surface area (Å²) < 4.78 is 2.45. The fourth-order valence-corrected chi connectivity index (χ4v) is 3.13. The van der Waals surface area contributed by atoms with Crippen LogP contribution in [0.1, 0.15) is 23.1 Å². The Hall–Kier alpha value is -1.55. The summed E-state index contributed by atoms with van der Waals surface area (Å²) in [6.45, 7) is 0.732. The lowest BCUT2D eigenvalue weighted by Gasteiger charge is -2.10. The molecular formula is C15H15BrN2O. The van der Waals surface area contributed by atoms with Crippen LogP contribution in [0.15, 0.2) is 39.9 Å². The first kappa shape index (κ1) is 12.5. The maximum atomic E-state index is 11.5. The molecule has 1 aliphatic carbocycles. The first-order chi connectivity index (χ1) is 9.13. The molecule has 0 saturated carbocycles. The molecule has 2 N–H and O–H groups in total. The molecule has 0 bridgehead atoms. The van der Waals surface area contributed by atoms with E-state index < -0.39 is 0 Å². The van der Waals surface area contributed by atoms with Gasteiger partial charge in [0.2, 0.25) is 5.43 Å². The number of aryl methyl sites for hydroxylation is 2. The maximum Gasteiger partial charge on any atom is 0.218 e. The van der Waals surface area contributed by atoms with E-state index in [1.165, 1.54) is 36.0 Å². The molecule has 1 aliphatic rings. The minimum atomic E-state index is -0.148. The van der Waals surface area contributed by atoms with Gasteiger partial charge in [-0.3, -0.25) is 4.79 Å². The van der Waals surface area contributed by atoms with Crippen LogP contribution in [-0.4, -0.2) is 4.57 Å². The van der Waals surface area contributed by atoms with Gasteiger partial charge >= 0.3 is 0 Å². The maximum absolute atomic E-state index is 11.5. The summed E-state index contributed by atoms with van der Waals surface area (Å²) in [6, 6.07) is 6.65. The number of fused-ring (bicyclic) bond motifs is 1. The zero-order valence-electron chi connectivity index (χ0n) is 10.5. The van der Waals surface area contributed by atoms with Gasteiger partial charge in [0.25, 0.3) is 0 Å². The summed E-state index contributed by atoms with van der Waals surface area (Å²) in [5, 5.41) is 0. The van der Waals surface area contributed by atoms with E-state index in [1.54, 1.807) is 12.4 Å². The van der Waals surface area contributed by atoms with E-state index in [-0.39, 0.29) is 11.1 Å². The summed E-state index contributed by atoms with van der Waals surface area (Å²) in [4.78, 5) is 11.5. The third kappa shape index (κ3) is 2.45. The zero-order chi connectivity index (χ0) is 13.4. The SMILES string of the molecule is Nc1cn(Cc2ccc3c(c2)CCC3)cc(Br)c1=O. The molecule has 0 saturated heterocycles. The van der Waals surface area contributed by atoms with Gasteiger partial charge in [-0.15, -0.1) is 0 Å². The van der Waals surface area contributed by atoms with Crippen molar-refractivity contribution in [2.45, 2.75) is 25.8 Å². The van der Waals surface area contributed by atoms with E-state index in [2.05, 4.69) is 34.1 Å². The Morgan fingerprint density at radius 2 is 2.00 bits per heavy atom. The van der Waals surface area contributed by atoms with E-state index in [0.717, 1.165) is 6.54 Å². The average Bonchev–Trinajstić information content (AvgIpc) is 2.83. The molecule has 0 fully saturated rings. The van der Waals surface area contributed by atoms with Gasteiger partial charge in [0.15, 0.2) is 0 Å². The first-order valence-electron chi connectivity index (χ1n) is 6.39. The molecule has 1 heterocycles. The first-order valence-corrected chi connectivity index (χ1v) is 7.18. The third-order valence-electron chi connectivity index (χ3n) is 3.59. The molecule has 0 atom stereocenters. The van der Waals surface area contributed by atoms with Crippen molar-refractivity contribution in [1.29, 1.82) is 0 Å². The van der Waals surface area contributed by atoms with Crippen molar-refractivity contribution in [2.75, 3.05) is 5.73 Å². The van der Waals surface area contributed by atoms with Crippen molar-refractivity contribution < 1.29 is 0 Å². The number of halogens is 1. The molecule has 0 aliphatic heterocycles. The molecule has 4 heteroatoms. The van der Waals surface area contributed by atoms with Gasteiger partial charge in [0, 0.05) is 18.9 Å². The summed E-state index contributed by atoms with van der Waals surface area (Å²) in [6.07, 6.45) is 7.12. The number of hydrogen-bond donors (Lipinski definition) is 1. The van der Waals surface area contributed by atoms with Crippen LogP contribution in [0.25, 0.3) is 0 Å². The highest BCUT2D eigenvalue weighted by Gasteiger charge is 2.11. The molecule has 0 unspecified atom stereocenters. The van der Waals surface area contributed by atoms with E-state index >= 15 is 0 Å². The molecular weight excluding hydrogens is 304 g/mol. The second kappa shape index (κ2) is 4.85. The molecule has 3 rings (SSSR count). The van der Waals surface area contributed by atoms with Crippen LogP contribution in [0.5, 0.6) is 0 Å². The predicted molar refractivity (Wildman–Crippen MR) is 80.4 cm³/mol. The standard InChI is InChI=1S/C15H15BrN2O/c16-13-8-18(9-14(17)15(13)19)7-10-4-5-11-2-1-3-12(11)6-10/h4-6,8-9H,1-3,7,17H2. The van der Waals surface area contributed by atoms with Crippen molar-refractivity contribution in [1.82, 2.24) is 4.57 Å². The Balaban J connectivity index is 1.91. The number of benzene rings is 1. The summed E-state index contributed by atoms with van der Waals surface area (Å²) in [7, 11) is 0. The summed E-state index contributed by atoms with van der Waals surface area (Å²) >= 11 is 3.25. The van der Waals surface area contributed by atoms with Gasteiger partial charge in [-0.1, -0.05) is 18.2 Å². The van der Waals surface area contributed by atoms with Crippen molar-refractivity contribution in [2.24, 2.45) is 0 Å². The summed E-state index contributed by atoms with van der Waals surface area (Å²) in [5.74, 6) is 0. The van der Waals surface area contributed by atoms with Crippen LogP contribution in [0.3, 0.4) is 0 Å². The fraction of sp³-hybridized carbons (Fsp3) is 0.267. The Morgan fingerprint density at radius 1 is 1.21 bits per heavy atom. The minimum Gasteiger partial charge on any atom is -0.394 e. The molecule has 3 nitrogen and oxygen atoms in total. The van der Waals surface area contributed by atoms with Gasteiger partial charge in [-0.05, 0) is 51.9 Å². The number of hydrogen-bond acceptors (Lipinski definition) is 2. The van der Waals surface area contributed by atoms with Gasteiger partial charge in [-0.25, -0.2) is 0 Å². The van der Waals surface area contributed by atoms with Crippen LogP contribution < -0.4 is 11.2 Å². The second-order valence-electron chi connectivity index (χ2n) is 5.02. The lowest BCUT2D eigenvalue weighted by atomic mass is 10.1. The van der Waals surface area contributed by atoms with Crippen molar-refractivity contribution in [3.05, 3.63) is 62.0 Å². The molecule has 19 heavy (non-hydrogen) atoms. The highest BCUT2D eigenvalue weighted by atomic mass is 79.9. The Morgan fingerprint density at radius 3 is 2.79 bits per heavy atom. The van der Waals surface area contributed by atoms with E-state index in [9.17, 15) is 4.79 Å². The van der Waals surface area contributed by atoms with Crippen molar-refractivity contribution in [3.8, 4) is 0 Å². The quantitative estimate of drug-likeness (QED) is 0.925. The van der Waals surface area contributed by atoms with Crippen LogP contribution in [0.4, 0.5) is 5.69 Å². The molecule has 2 aromatic rings. The topological polar surface area (TPSA) is 48.0 Å². The largest absolute Gasteiger partial charge is 0.394 e. The number of anilines is 1. The number of pyridine rings is 1. The normalized spacial score (nSPS) is 13.5. The van der Waals surface area contributed by atoms with Crippen molar-refractivity contribution in [3.63, 3.8) is 0 Å². The minimum absolute atomic E-state index is 0.148. The molecule has 1 aromatic heterocycles. The number of nitrogens with two attached hydrogens (primary N) is 1. The van der Waals surface area contributed by atoms with E-state index in [4.69, 9.17) is 5.73 Å².